The van der Waals surface area contributed by atoms with Crippen molar-refractivity contribution >= 4 is 11.8 Å². The second kappa shape index (κ2) is 9.95. The maximum Gasteiger partial charge on any atom is 0.344 e. The molecule has 0 fully saturated rings. The van der Waals surface area contributed by atoms with E-state index < -0.39 is 12.0 Å². The topological polar surface area (TPSA) is 47.2 Å². The van der Waals surface area contributed by atoms with Gasteiger partial charge in [-0.3, -0.25) is 4.79 Å². The molecule has 0 saturated heterocycles. The van der Waals surface area contributed by atoms with E-state index in [4.69, 9.17) is 4.74 Å². The lowest BCUT2D eigenvalue weighted by molar-refractivity contribution is -0.704. The van der Waals surface area contributed by atoms with Crippen LogP contribution in [0.1, 0.15) is 40.6 Å². The average molecular weight is 440 g/mol. The minimum absolute atomic E-state index is 0. The molecule has 5 heteroatoms. The average Bonchev–Trinajstić information content (AvgIpc) is 2.73. The predicted molar refractivity (Wildman–Crippen MR) is 104 cm³/mol. The van der Waals surface area contributed by atoms with E-state index in [0.717, 1.165) is 11.1 Å². The largest absolute Gasteiger partial charge is 1.00 e. The van der Waals surface area contributed by atoms with Gasteiger partial charge in [-0.2, -0.15) is 4.57 Å². The molecule has 4 nitrogen and oxygen atoms in total. The lowest BCUT2D eigenvalue weighted by Crippen LogP contribution is -3.00. The summed E-state index contributed by atoms with van der Waals surface area (Å²) in [4.78, 5) is 24.8. The van der Waals surface area contributed by atoms with Gasteiger partial charge in [0.05, 0.1) is 6.61 Å². The van der Waals surface area contributed by atoms with Gasteiger partial charge in [0.2, 0.25) is 11.8 Å². The van der Waals surface area contributed by atoms with Crippen LogP contribution >= 0.6 is 0 Å². The molecular weight excluding hydrogens is 418 g/mol. The van der Waals surface area contributed by atoms with Crippen molar-refractivity contribution in [3.05, 3.63) is 90.3 Å². The van der Waals surface area contributed by atoms with Crippen LogP contribution in [0.5, 0.6) is 0 Å². The number of nitrogens with zero attached hydrogens (tertiary/aromatic N) is 1. The number of halogens is 1. The number of pyridine rings is 1. The summed E-state index contributed by atoms with van der Waals surface area (Å²) in [6, 6.07) is 20.6. The number of carbonyl (C=O) groups excluding carboxylic acids is 2. The Hall–Kier alpha value is -2.79. The van der Waals surface area contributed by atoms with Crippen molar-refractivity contribution in [2.24, 2.45) is 0 Å². The fraction of sp³-hybridized carbons (Fsp3) is 0.174. The first kappa shape index (κ1) is 21.5. The Bertz CT molecular complexity index is 940. The van der Waals surface area contributed by atoms with Crippen LogP contribution < -0.4 is 21.5 Å². The molecule has 2 aromatic carbocycles. The van der Waals surface area contributed by atoms with Gasteiger partial charge >= 0.3 is 5.97 Å². The fourth-order valence-electron chi connectivity index (χ4n) is 2.90. The number of hydrogen-bond donors (Lipinski definition) is 0. The third-order valence-electron chi connectivity index (χ3n) is 4.44. The molecule has 0 aliphatic rings. The normalized spacial score (nSPS) is 11.2. The highest BCUT2D eigenvalue weighted by molar-refractivity contribution is 5.98. The van der Waals surface area contributed by atoms with Crippen LogP contribution in [0.2, 0.25) is 0 Å². The quantitative estimate of drug-likeness (QED) is 0.330. The van der Waals surface area contributed by atoms with Crippen molar-refractivity contribution < 1.29 is 35.9 Å². The summed E-state index contributed by atoms with van der Waals surface area (Å²) in [6.07, 6.45) is 3.43. The lowest BCUT2D eigenvalue weighted by Gasteiger charge is -2.08. The minimum atomic E-state index is -0.429. The highest BCUT2D eigenvalue weighted by Crippen LogP contribution is 2.20. The summed E-state index contributed by atoms with van der Waals surface area (Å²) in [5.41, 5.74) is 3.24. The summed E-state index contributed by atoms with van der Waals surface area (Å²) in [5.74, 6) is -0.403. The molecule has 0 aliphatic heterocycles. The van der Waals surface area contributed by atoms with Crippen molar-refractivity contribution in [3.63, 3.8) is 0 Å². The van der Waals surface area contributed by atoms with E-state index in [1.807, 2.05) is 61.5 Å². The van der Waals surface area contributed by atoms with Crippen LogP contribution in [-0.4, -0.2) is 18.4 Å². The highest BCUT2D eigenvalue weighted by Gasteiger charge is 2.24. The number of aromatic nitrogens is 1. The van der Waals surface area contributed by atoms with Crippen molar-refractivity contribution in [1.29, 1.82) is 0 Å². The number of hydrogen-bond acceptors (Lipinski definition) is 3. The predicted octanol–water partition coefficient (Wildman–Crippen LogP) is 1.27. The number of benzene rings is 2. The van der Waals surface area contributed by atoms with Crippen LogP contribution in [0.25, 0.3) is 11.1 Å². The van der Waals surface area contributed by atoms with Crippen LogP contribution in [0.15, 0.2) is 79.1 Å². The molecule has 28 heavy (non-hydrogen) atoms. The highest BCUT2D eigenvalue weighted by atomic mass is 79.9. The summed E-state index contributed by atoms with van der Waals surface area (Å²) in [5, 5.41) is 0. The molecule has 1 unspecified atom stereocenters. The van der Waals surface area contributed by atoms with E-state index in [0.29, 0.717) is 17.7 Å². The molecule has 144 valence electrons. The smallest absolute Gasteiger partial charge is 0.344 e. The zero-order valence-electron chi connectivity index (χ0n) is 15.8. The summed E-state index contributed by atoms with van der Waals surface area (Å²) in [6.45, 7) is 3.90. The van der Waals surface area contributed by atoms with Crippen LogP contribution in [0.3, 0.4) is 0 Å². The Morgan fingerprint density at radius 2 is 1.54 bits per heavy atom. The van der Waals surface area contributed by atoms with E-state index in [-0.39, 0.29) is 22.8 Å². The molecule has 0 aliphatic carbocycles. The monoisotopic (exact) mass is 439 g/mol. The number of esters is 1. The molecule has 1 heterocycles. The van der Waals surface area contributed by atoms with Gasteiger partial charge in [-0.15, -0.1) is 0 Å². The second-order valence-electron chi connectivity index (χ2n) is 6.24. The lowest BCUT2D eigenvalue weighted by atomic mass is 10.00. The van der Waals surface area contributed by atoms with E-state index in [2.05, 4.69) is 0 Å². The maximum absolute atomic E-state index is 12.9. The number of ketones is 1. The molecule has 0 N–H and O–H groups in total. The first-order valence-corrected chi connectivity index (χ1v) is 8.97. The summed E-state index contributed by atoms with van der Waals surface area (Å²) in [7, 11) is 0. The van der Waals surface area contributed by atoms with Gasteiger partial charge in [0, 0.05) is 18.6 Å². The SMILES string of the molecule is CCOC(=O)c1ccc[n+](C(C)C(=O)c2ccc(-c3ccccc3)cc2)c1.[Br-]. The third kappa shape index (κ3) is 4.93. The first-order valence-electron chi connectivity index (χ1n) is 8.97. The maximum atomic E-state index is 12.9. The number of ether oxygens (including phenoxy) is 1. The zero-order chi connectivity index (χ0) is 19.2. The second-order valence-corrected chi connectivity index (χ2v) is 6.24. The molecule has 0 spiro atoms. The number of carbonyl (C=O) groups is 2. The minimum Gasteiger partial charge on any atom is -1.00 e. The van der Waals surface area contributed by atoms with Gasteiger partial charge in [0.1, 0.15) is 5.56 Å². The first-order chi connectivity index (χ1) is 13.1. The molecule has 1 aromatic heterocycles. The van der Waals surface area contributed by atoms with Gasteiger partial charge in [-0.1, -0.05) is 54.6 Å². The molecule has 0 saturated carbocycles. The Morgan fingerprint density at radius 3 is 2.18 bits per heavy atom. The molecule has 3 aromatic rings. The van der Waals surface area contributed by atoms with Crippen molar-refractivity contribution in [2.75, 3.05) is 6.61 Å². The van der Waals surface area contributed by atoms with Gasteiger partial charge in [-0.05, 0) is 24.1 Å². The summed E-state index contributed by atoms with van der Waals surface area (Å²) < 4.78 is 6.76. The van der Waals surface area contributed by atoms with Crippen LogP contribution in [-0.2, 0) is 4.74 Å². The Balaban J connectivity index is 0.00000280. The number of rotatable bonds is 6. The third-order valence-corrected chi connectivity index (χ3v) is 4.44. The van der Waals surface area contributed by atoms with E-state index in [1.165, 1.54) is 0 Å². The fourth-order valence-corrected chi connectivity index (χ4v) is 2.90. The van der Waals surface area contributed by atoms with Crippen molar-refractivity contribution in [1.82, 2.24) is 0 Å². The van der Waals surface area contributed by atoms with Crippen LogP contribution in [0, 0.1) is 0 Å². The standard InChI is InChI=1S/C23H22NO3.BrH/c1-3-27-23(26)21-10-7-15-24(16-21)17(2)22(25)20-13-11-19(12-14-20)18-8-5-4-6-9-18;/h4-17H,3H2,1-2H3;1H/q+1;/p-1. The number of Topliss-reactive ketones (excluding diaryl/α,β-unsaturated/α-hetero) is 1. The molecule has 0 radical (unpaired) electrons. The molecule has 1 atom stereocenters. The molecule has 3 rings (SSSR count). The van der Waals surface area contributed by atoms with E-state index in [1.54, 1.807) is 36.0 Å². The van der Waals surface area contributed by atoms with Gasteiger partial charge in [0.25, 0.3) is 0 Å². The van der Waals surface area contributed by atoms with Crippen molar-refractivity contribution in [2.45, 2.75) is 19.9 Å². The Kier molecular flexibility index (Phi) is 7.64. The Labute approximate surface area is 175 Å². The van der Waals surface area contributed by atoms with Crippen LogP contribution in [0.4, 0.5) is 0 Å². The summed E-state index contributed by atoms with van der Waals surface area (Å²) >= 11 is 0. The van der Waals surface area contributed by atoms with E-state index >= 15 is 0 Å². The van der Waals surface area contributed by atoms with E-state index in [9.17, 15) is 9.59 Å². The van der Waals surface area contributed by atoms with Gasteiger partial charge in [0.15, 0.2) is 12.4 Å². The Morgan fingerprint density at radius 1 is 0.893 bits per heavy atom. The van der Waals surface area contributed by atoms with Gasteiger partial charge in [-0.25, -0.2) is 4.79 Å². The zero-order valence-corrected chi connectivity index (χ0v) is 17.4. The molecule has 0 amide bonds. The molecule has 0 bridgehead atoms. The van der Waals surface area contributed by atoms with Crippen molar-refractivity contribution in [3.8, 4) is 11.1 Å². The molecular formula is C23H22BrNO3. The van der Waals surface area contributed by atoms with Gasteiger partial charge < -0.3 is 21.7 Å².